The van der Waals surface area contributed by atoms with Crippen molar-refractivity contribution in [2.45, 2.75) is 12.0 Å². The summed E-state index contributed by atoms with van der Waals surface area (Å²) in [5.41, 5.74) is 3.39. The minimum atomic E-state index is -0.956. The maximum atomic E-state index is 13.7. The van der Waals surface area contributed by atoms with Crippen LogP contribution in [0.15, 0.2) is 40.9 Å². The Hall–Kier alpha value is -2.18. The Kier molecular flexibility index (Phi) is 2.76. The SMILES string of the molecule is O=C1Nc2ccc(Br)cc2[C@@]12NCCc1c2[nH]c2ccc(F)cc12. The van der Waals surface area contributed by atoms with E-state index in [1.165, 1.54) is 6.07 Å². The van der Waals surface area contributed by atoms with Crippen molar-refractivity contribution in [1.29, 1.82) is 0 Å². The summed E-state index contributed by atoms with van der Waals surface area (Å²) >= 11 is 3.49. The lowest BCUT2D eigenvalue weighted by Crippen LogP contribution is -2.53. The second-order valence-electron chi connectivity index (χ2n) is 6.24. The van der Waals surface area contributed by atoms with Gasteiger partial charge in [-0.2, -0.15) is 0 Å². The van der Waals surface area contributed by atoms with Crippen LogP contribution in [-0.2, 0) is 16.8 Å². The molecule has 120 valence electrons. The van der Waals surface area contributed by atoms with E-state index in [9.17, 15) is 9.18 Å². The molecule has 0 aliphatic carbocycles. The highest BCUT2D eigenvalue weighted by molar-refractivity contribution is 9.10. The summed E-state index contributed by atoms with van der Waals surface area (Å²) in [5.74, 6) is -0.375. The molecule has 0 saturated carbocycles. The molecule has 1 amide bonds. The largest absolute Gasteiger partial charge is 0.356 e. The van der Waals surface area contributed by atoms with E-state index in [1.54, 1.807) is 12.1 Å². The monoisotopic (exact) mass is 385 g/mol. The van der Waals surface area contributed by atoms with Crippen molar-refractivity contribution in [3.05, 3.63) is 63.5 Å². The van der Waals surface area contributed by atoms with Crippen LogP contribution in [0.2, 0.25) is 0 Å². The third-order valence-corrected chi connectivity index (χ3v) is 5.48. The van der Waals surface area contributed by atoms with Gasteiger partial charge in [-0.05, 0) is 48.4 Å². The molecular formula is C18H13BrFN3O. The molecular weight excluding hydrogens is 373 g/mol. The van der Waals surface area contributed by atoms with Crippen molar-refractivity contribution in [2.24, 2.45) is 0 Å². The smallest absolute Gasteiger partial charge is 0.255 e. The van der Waals surface area contributed by atoms with Crippen LogP contribution in [0.3, 0.4) is 0 Å². The van der Waals surface area contributed by atoms with Gasteiger partial charge < -0.3 is 10.3 Å². The van der Waals surface area contributed by atoms with E-state index in [0.717, 1.165) is 44.3 Å². The lowest BCUT2D eigenvalue weighted by molar-refractivity contribution is -0.120. The minimum absolute atomic E-state index is 0.108. The zero-order chi connectivity index (χ0) is 16.5. The van der Waals surface area contributed by atoms with Gasteiger partial charge in [-0.1, -0.05) is 15.9 Å². The van der Waals surface area contributed by atoms with Crippen molar-refractivity contribution < 1.29 is 9.18 Å². The highest BCUT2D eigenvalue weighted by Gasteiger charge is 2.52. The molecule has 5 rings (SSSR count). The summed E-state index contributed by atoms with van der Waals surface area (Å²) < 4.78 is 14.6. The van der Waals surface area contributed by atoms with Gasteiger partial charge in [0.1, 0.15) is 5.82 Å². The summed E-state index contributed by atoms with van der Waals surface area (Å²) in [6.07, 6.45) is 0.747. The van der Waals surface area contributed by atoms with Crippen molar-refractivity contribution in [2.75, 3.05) is 11.9 Å². The molecule has 1 spiro atoms. The Balaban J connectivity index is 1.86. The van der Waals surface area contributed by atoms with Crippen LogP contribution in [-0.4, -0.2) is 17.4 Å². The van der Waals surface area contributed by atoms with Gasteiger partial charge >= 0.3 is 0 Å². The fraction of sp³-hybridized carbons (Fsp3) is 0.167. The van der Waals surface area contributed by atoms with Gasteiger partial charge in [0.2, 0.25) is 0 Å². The molecule has 3 heterocycles. The van der Waals surface area contributed by atoms with E-state index in [1.807, 2.05) is 18.2 Å². The number of carbonyl (C=O) groups is 1. The molecule has 0 unspecified atom stereocenters. The fourth-order valence-corrected chi connectivity index (χ4v) is 4.32. The molecule has 2 aliphatic rings. The number of halogens is 2. The first kappa shape index (κ1) is 14.2. The number of hydrogen-bond acceptors (Lipinski definition) is 2. The number of rotatable bonds is 0. The van der Waals surface area contributed by atoms with Gasteiger partial charge in [-0.25, -0.2) is 4.39 Å². The van der Waals surface area contributed by atoms with Crippen LogP contribution in [0.1, 0.15) is 16.8 Å². The molecule has 24 heavy (non-hydrogen) atoms. The molecule has 0 fully saturated rings. The van der Waals surface area contributed by atoms with Gasteiger partial charge in [0.15, 0.2) is 5.54 Å². The number of H-pyrrole nitrogens is 1. The zero-order valence-electron chi connectivity index (χ0n) is 12.5. The maximum absolute atomic E-state index is 13.7. The van der Waals surface area contributed by atoms with Gasteiger partial charge in [-0.3, -0.25) is 10.1 Å². The Morgan fingerprint density at radius 1 is 1.17 bits per heavy atom. The molecule has 0 bridgehead atoms. The lowest BCUT2D eigenvalue weighted by atomic mass is 9.82. The molecule has 3 aromatic rings. The first-order chi connectivity index (χ1) is 11.6. The predicted octanol–water partition coefficient (Wildman–Crippen LogP) is 3.41. The Labute approximate surface area is 145 Å². The van der Waals surface area contributed by atoms with Gasteiger partial charge in [0.25, 0.3) is 5.91 Å². The van der Waals surface area contributed by atoms with Crippen LogP contribution in [0.5, 0.6) is 0 Å². The Bertz CT molecular complexity index is 1030. The van der Waals surface area contributed by atoms with Crippen LogP contribution < -0.4 is 10.6 Å². The number of hydrogen-bond donors (Lipinski definition) is 3. The molecule has 2 aliphatic heterocycles. The van der Waals surface area contributed by atoms with Crippen LogP contribution in [0.4, 0.5) is 10.1 Å². The number of aromatic amines is 1. The van der Waals surface area contributed by atoms with Gasteiger partial charge in [0.05, 0.1) is 5.69 Å². The Morgan fingerprint density at radius 2 is 2.04 bits per heavy atom. The number of benzene rings is 2. The van der Waals surface area contributed by atoms with Crippen LogP contribution in [0.25, 0.3) is 10.9 Å². The molecule has 4 nitrogen and oxygen atoms in total. The van der Waals surface area contributed by atoms with E-state index >= 15 is 0 Å². The third-order valence-electron chi connectivity index (χ3n) is 4.98. The average Bonchev–Trinajstić information content (AvgIpc) is 3.06. The van der Waals surface area contributed by atoms with E-state index in [4.69, 9.17) is 0 Å². The summed E-state index contributed by atoms with van der Waals surface area (Å²) in [6, 6.07) is 10.5. The number of aromatic nitrogens is 1. The number of anilines is 1. The predicted molar refractivity (Wildman–Crippen MR) is 93.5 cm³/mol. The molecule has 1 atom stereocenters. The highest BCUT2D eigenvalue weighted by atomic mass is 79.9. The van der Waals surface area contributed by atoms with E-state index in [0.29, 0.717) is 6.54 Å². The quantitative estimate of drug-likeness (QED) is 0.555. The van der Waals surface area contributed by atoms with Crippen LogP contribution in [0, 0.1) is 5.82 Å². The summed E-state index contributed by atoms with van der Waals surface area (Å²) in [6.45, 7) is 0.649. The van der Waals surface area contributed by atoms with Crippen molar-refractivity contribution in [3.8, 4) is 0 Å². The second-order valence-corrected chi connectivity index (χ2v) is 7.15. The first-order valence-corrected chi connectivity index (χ1v) is 8.56. The Morgan fingerprint density at radius 3 is 2.92 bits per heavy atom. The number of nitrogens with one attached hydrogen (secondary N) is 3. The summed E-state index contributed by atoms with van der Waals surface area (Å²) in [4.78, 5) is 16.3. The molecule has 6 heteroatoms. The fourth-order valence-electron chi connectivity index (χ4n) is 3.96. The van der Waals surface area contributed by atoms with Crippen molar-refractivity contribution in [1.82, 2.24) is 10.3 Å². The molecule has 1 aromatic heterocycles. The summed E-state index contributed by atoms with van der Waals surface area (Å²) in [7, 11) is 0. The average molecular weight is 386 g/mol. The second kappa shape index (κ2) is 4.68. The van der Waals surface area contributed by atoms with Crippen molar-refractivity contribution >= 4 is 38.4 Å². The highest BCUT2D eigenvalue weighted by Crippen LogP contribution is 2.46. The standard InChI is InChI=1S/C18H13BrFN3O/c19-9-1-3-15-13(7-9)18(17(24)23-15)16-11(5-6-21-18)12-8-10(20)2-4-14(12)22-16/h1-4,7-8,21-22H,5-6H2,(H,23,24)/t18-/m0/s1. The molecule has 0 radical (unpaired) electrons. The van der Waals surface area contributed by atoms with E-state index in [-0.39, 0.29) is 11.7 Å². The normalized spacial score (nSPS) is 21.8. The zero-order valence-corrected chi connectivity index (χ0v) is 14.1. The third kappa shape index (κ3) is 1.67. The number of fused-ring (bicyclic) bond motifs is 6. The lowest BCUT2D eigenvalue weighted by Gasteiger charge is -2.33. The summed E-state index contributed by atoms with van der Waals surface area (Å²) in [5, 5.41) is 7.22. The van der Waals surface area contributed by atoms with E-state index in [2.05, 4.69) is 31.5 Å². The van der Waals surface area contributed by atoms with Gasteiger partial charge in [-0.15, -0.1) is 0 Å². The number of carbonyl (C=O) groups excluding carboxylic acids is 1. The van der Waals surface area contributed by atoms with Gasteiger partial charge in [0, 0.05) is 33.2 Å². The molecule has 0 saturated heterocycles. The topological polar surface area (TPSA) is 56.9 Å². The number of amides is 1. The van der Waals surface area contributed by atoms with Crippen molar-refractivity contribution in [3.63, 3.8) is 0 Å². The minimum Gasteiger partial charge on any atom is -0.356 e. The van der Waals surface area contributed by atoms with E-state index < -0.39 is 5.54 Å². The maximum Gasteiger partial charge on any atom is 0.255 e. The molecule has 3 N–H and O–H groups in total. The first-order valence-electron chi connectivity index (χ1n) is 7.77. The van der Waals surface area contributed by atoms with Crippen LogP contribution >= 0.6 is 15.9 Å². The molecule has 2 aromatic carbocycles.